The van der Waals surface area contributed by atoms with Crippen LogP contribution in [0.4, 0.5) is 0 Å². The van der Waals surface area contributed by atoms with Crippen molar-refractivity contribution in [1.29, 1.82) is 0 Å². The van der Waals surface area contributed by atoms with Crippen LogP contribution in [0.3, 0.4) is 0 Å². The number of para-hydroxylation sites is 1. The molecule has 0 unspecified atom stereocenters. The van der Waals surface area contributed by atoms with E-state index in [0.717, 1.165) is 6.07 Å². The highest BCUT2D eigenvalue weighted by Gasteiger charge is 2.31. The van der Waals surface area contributed by atoms with Crippen LogP contribution in [0.25, 0.3) is 33.5 Å². The van der Waals surface area contributed by atoms with Crippen molar-refractivity contribution >= 4 is 37.0 Å². The summed E-state index contributed by atoms with van der Waals surface area (Å²) >= 11 is 0. The Morgan fingerprint density at radius 3 is 2.35 bits per heavy atom. The molecule has 0 aliphatic carbocycles. The fourth-order valence-corrected chi connectivity index (χ4v) is 5.28. The first-order valence-corrected chi connectivity index (χ1v) is 11.3. The highest BCUT2D eigenvalue weighted by Crippen LogP contribution is 2.40. The normalized spacial score (nSPS) is 12.3. The van der Waals surface area contributed by atoms with Crippen molar-refractivity contribution in [3.63, 3.8) is 0 Å². The third-order valence-corrected chi connectivity index (χ3v) is 6.36. The van der Waals surface area contributed by atoms with Gasteiger partial charge in [0.2, 0.25) is 31.7 Å². The standard InChI is InChI=1S/C15H12N8O6S2.H2/c16-30(26,27)9-5-4-6(10(12(9)31(17,28)29)13-20-22-23-21-13)7-2-1-3-8-11(7)19-14(18-8)15(24)25;/h1-5H,(H,18,19)(H,24,25)(H2,16,26,27)(H2,17,28,29)(H,20,21,22,23);1H. The van der Waals surface area contributed by atoms with E-state index >= 15 is 0 Å². The van der Waals surface area contributed by atoms with Crippen LogP contribution in [0, 0.1) is 0 Å². The average molecular weight is 466 g/mol. The summed E-state index contributed by atoms with van der Waals surface area (Å²) in [4.78, 5) is 16.4. The summed E-state index contributed by atoms with van der Waals surface area (Å²) in [7, 11) is -9.19. The number of benzene rings is 2. The van der Waals surface area contributed by atoms with E-state index in [-0.39, 0.29) is 35.3 Å². The van der Waals surface area contributed by atoms with Gasteiger partial charge in [-0.2, -0.15) is 5.21 Å². The van der Waals surface area contributed by atoms with Crippen LogP contribution in [0.2, 0.25) is 0 Å². The Labute approximate surface area is 174 Å². The van der Waals surface area contributed by atoms with Gasteiger partial charge in [-0.25, -0.2) is 36.9 Å². The minimum Gasteiger partial charge on any atom is -0.475 e. The first-order chi connectivity index (χ1) is 14.5. The van der Waals surface area contributed by atoms with Crippen LogP contribution in [-0.4, -0.2) is 58.5 Å². The Balaban J connectivity index is 0.00000289. The number of hydrogen-bond acceptors (Lipinski definition) is 9. The molecule has 2 aromatic heterocycles. The Kier molecular flexibility index (Phi) is 4.58. The maximum atomic E-state index is 12.4. The van der Waals surface area contributed by atoms with Crippen molar-refractivity contribution in [2.45, 2.75) is 9.79 Å². The predicted molar refractivity (Wildman–Crippen MR) is 107 cm³/mol. The zero-order chi connectivity index (χ0) is 22.6. The Bertz CT molecular complexity index is 1560. The minimum atomic E-state index is -4.67. The van der Waals surface area contributed by atoms with Crippen molar-refractivity contribution in [2.75, 3.05) is 0 Å². The number of tetrazole rings is 1. The number of rotatable bonds is 5. The Morgan fingerprint density at radius 2 is 1.77 bits per heavy atom. The molecule has 0 bridgehead atoms. The maximum Gasteiger partial charge on any atom is 0.371 e. The number of aromatic carboxylic acids is 1. The molecule has 162 valence electrons. The van der Waals surface area contributed by atoms with E-state index in [9.17, 15) is 26.7 Å². The van der Waals surface area contributed by atoms with E-state index in [1.807, 2.05) is 0 Å². The molecule has 0 radical (unpaired) electrons. The van der Waals surface area contributed by atoms with Crippen LogP contribution in [0.5, 0.6) is 0 Å². The lowest BCUT2D eigenvalue weighted by Gasteiger charge is -2.15. The molecule has 0 spiro atoms. The summed E-state index contributed by atoms with van der Waals surface area (Å²) in [6.07, 6.45) is 0. The van der Waals surface area contributed by atoms with Gasteiger partial charge >= 0.3 is 5.97 Å². The molecule has 2 heterocycles. The number of aromatic amines is 2. The monoisotopic (exact) mass is 466 g/mol. The summed E-state index contributed by atoms with van der Waals surface area (Å²) < 4.78 is 49.0. The summed E-state index contributed by atoms with van der Waals surface area (Å²) in [6, 6.07) is 6.89. The van der Waals surface area contributed by atoms with Crippen molar-refractivity contribution in [2.24, 2.45) is 10.3 Å². The van der Waals surface area contributed by atoms with Gasteiger partial charge in [-0.3, -0.25) is 0 Å². The number of nitrogens with zero attached hydrogens (tertiary/aromatic N) is 4. The number of H-pyrrole nitrogens is 2. The van der Waals surface area contributed by atoms with Crippen LogP contribution >= 0.6 is 0 Å². The number of nitrogens with two attached hydrogens (primary N) is 2. The van der Waals surface area contributed by atoms with Gasteiger partial charge in [0.05, 0.1) is 16.6 Å². The third-order valence-electron chi connectivity index (χ3n) is 4.29. The Morgan fingerprint density at radius 1 is 1.03 bits per heavy atom. The molecule has 7 N–H and O–H groups in total. The van der Waals surface area contributed by atoms with Gasteiger partial charge in [0.25, 0.3) is 0 Å². The molecule has 31 heavy (non-hydrogen) atoms. The highest BCUT2D eigenvalue weighted by molar-refractivity contribution is 7.92. The summed E-state index contributed by atoms with van der Waals surface area (Å²) in [6.45, 7) is 0. The van der Waals surface area contributed by atoms with Crippen LogP contribution in [-0.2, 0) is 20.0 Å². The molecule has 4 aromatic rings. The fraction of sp³-hybridized carbons (Fsp3) is 0. The number of sulfonamides is 2. The van der Waals surface area contributed by atoms with Crippen LogP contribution in [0.1, 0.15) is 12.0 Å². The largest absolute Gasteiger partial charge is 0.475 e. The molecule has 0 saturated heterocycles. The molecular formula is C15H14N8O6S2. The van der Waals surface area contributed by atoms with Crippen molar-refractivity contribution in [3.8, 4) is 22.5 Å². The molecule has 0 aliphatic heterocycles. The van der Waals surface area contributed by atoms with E-state index in [1.54, 1.807) is 12.1 Å². The van der Waals surface area contributed by atoms with Crippen LogP contribution < -0.4 is 10.3 Å². The zero-order valence-corrected chi connectivity index (χ0v) is 16.8. The van der Waals surface area contributed by atoms with E-state index < -0.39 is 35.8 Å². The van der Waals surface area contributed by atoms with Gasteiger partial charge in [-0.15, -0.1) is 10.2 Å². The number of aromatic nitrogens is 6. The zero-order valence-electron chi connectivity index (χ0n) is 15.1. The number of imidazole rings is 1. The van der Waals surface area contributed by atoms with Gasteiger partial charge in [-0.1, -0.05) is 18.2 Å². The number of fused-ring (bicyclic) bond motifs is 1. The number of primary sulfonamides is 2. The average Bonchev–Trinajstić information content (AvgIpc) is 3.34. The van der Waals surface area contributed by atoms with Crippen molar-refractivity contribution < 1.29 is 28.2 Å². The van der Waals surface area contributed by atoms with Gasteiger partial charge in [0.1, 0.15) is 9.79 Å². The predicted octanol–water partition coefficient (Wildman–Crippen LogP) is -0.351. The van der Waals surface area contributed by atoms with Gasteiger partial charge in [0, 0.05) is 6.99 Å². The van der Waals surface area contributed by atoms with Crippen LogP contribution in [0.15, 0.2) is 40.1 Å². The number of hydrogen-bond donors (Lipinski definition) is 5. The molecule has 4 rings (SSSR count). The van der Waals surface area contributed by atoms with Gasteiger partial charge in [-0.05, 0) is 22.9 Å². The van der Waals surface area contributed by atoms with Crippen molar-refractivity contribution in [3.05, 3.63) is 36.2 Å². The van der Waals surface area contributed by atoms with E-state index in [4.69, 9.17) is 10.3 Å². The summed E-state index contributed by atoms with van der Waals surface area (Å²) in [5, 5.41) is 32.8. The maximum absolute atomic E-state index is 12.4. The second-order valence-electron chi connectivity index (χ2n) is 6.23. The quantitative estimate of drug-likeness (QED) is 0.256. The second kappa shape index (κ2) is 6.91. The first kappa shape index (κ1) is 20.5. The fourth-order valence-electron chi connectivity index (χ4n) is 3.13. The van der Waals surface area contributed by atoms with E-state index in [1.165, 1.54) is 12.1 Å². The lowest BCUT2D eigenvalue weighted by molar-refractivity contribution is 0.0685. The highest BCUT2D eigenvalue weighted by atomic mass is 32.2. The topological polar surface area (TPSA) is 241 Å². The molecule has 0 fully saturated rings. The van der Waals surface area contributed by atoms with Gasteiger partial charge in [0.15, 0.2) is 0 Å². The van der Waals surface area contributed by atoms with Gasteiger partial charge < -0.3 is 10.1 Å². The lowest BCUT2D eigenvalue weighted by atomic mass is 9.98. The molecule has 0 atom stereocenters. The lowest BCUT2D eigenvalue weighted by Crippen LogP contribution is -2.22. The summed E-state index contributed by atoms with van der Waals surface area (Å²) in [5.74, 6) is -1.94. The summed E-state index contributed by atoms with van der Waals surface area (Å²) in [5.41, 5.74) is 0.573. The second-order valence-corrected chi connectivity index (χ2v) is 9.26. The number of carboxylic acid groups (broad SMARTS) is 1. The molecule has 2 aromatic carbocycles. The number of nitrogens with one attached hydrogen (secondary N) is 2. The molecule has 0 aliphatic rings. The van der Waals surface area contributed by atoms with E-state index in [2.05, 4.69) is 30.6 Å². The van der Waals surface area contributed by atoms with E-state index in [0.29, 0.717) is 5.52 Å². The third kappa shape index (κ3) is 3.52. The molecular weight excluding hydrogens is 452 g/mol. The SMILES string of the molecule is NS(=O)(=O)c1ccc(-c2cccc3[nH]c(C(=O)O)nc23)c(-c2nn[nH]n2)c1S(N)(=O)=O.[HH]. The number of carbonyl (C=O) groups is 1. The van der Waals surface area contributed by atoms with Crippen molar-refractivity contribution in [1.82, 2.24) is 30.6 Å². The smallest absolute Gasteiger partial charge is 0.371 e. The molecule has 0 saturated carbocycles. The Hall–Kier alpha value is -3.73. The molecule has 16 heteroatoms. The first-order valence-electron chi connectivity index (χ1n) is 8.17. The number of carboxylic acids is 1. The minimum absolute atomic E-state index is 0. The molecule has 0 amide bonds. The molecule has 14 nitrogen and oxygen atoms in total.